The van der Waals surface area contributed by atoms with Gasteiger partial charge in [-0.05, 0) is 18.4 Å². The minimum Gasteiger partial charge on any atom is -0.395 e. The van der Waals surface area contributed by atoms with Gasteiger partial charge in [-0.1, -0.05) is 17.0 Å². The van der Waals surface area contributed by atoms with Crippen LogP contribution >= 0.6 is 11.3 Å². The second-order valence-corrected chi connectivity index (χ2v) is 4.63. The number of amides is 1. The van der Waals surface area contributed by atoms with Gasteiger partial charge in [-0.2, -0.15) is 0 Å². The molecule has 0 aliphatic carbocycles. The molecule has 0 bridgehead atoms. The number of hydrogen-bond donors (Lipinski definition) is 2. The molecule has 2 aromatic heterocycles. The summed E-state index contributed by atoms with van der Waals surface area (Å²) in [5, 5.41) is 16.8. The van der Waals surface area contributed by atoms with Crippen LogP contribution in [0.3, 0.4) is 0 Å². The number of nitrogens with one attached hydrogen (secondary N) is 1. The first-order chi connectivity index (χ1) is 9.20. The fourth-order valence-electron chi connectivity index (χ4n) is 1.40. The maximum absolute atomic E-state index is 12.0. The lowest BCUT2D eigenvalue weighted by molar-refractivity contribution is 0.102. The normalized spacial score (nSPS) is 9.79. The number of nitrogens with zero attached hydrogens (tertiary/aromatic N) is 1. The highest BCUT2D eigenvalue weighted by molar-refractivity contribution is 7.12. The summed E-state index contributed by atoms with van der Waals surface area (Å²) in [6.07, 6.45) is 0.388. The fraction of sp³-hybridized carbons (Fsp3) is 0.231. The Hall–Kier alpha value is -2.10. The summed E-state index contributed by atoms with van der Waals surface area (Å²) in [6.45, 7) is 1.76. The molecule has 2 rings (SSSR count). The van der Waals surface area contributed by atoms with Crippen LogP contribution < -0.4 is 5.32 Å². The molecule has 5 nitrogen and oxygen atoms in total. The quantitative estimate of drug-likeness (QED) is 0.841. The molecule has 6 heteroatoms. The van der Waals surface area contributed by atoms with Crippen LogP contribution in [-0.4, -0.2) is 22.8 Å². The minimum absolute atomic E-state index is 0.0108. The SMILES string of the molecule is Cc1cc(NC(=O)c2sccc2C#CCCO)no1. The number of aromatic nitrogens is 1. The Morgan fingerprint density at radius 1 is 1.63 bits per heavy atom. The predicted octanol–water partition coefficient (Wildman–Crippen LogP) is 2.03. The molecular formula is C13H12N2O3S. The van der Waals surface area contributed by atoms with Crippen molar-refractivity contribution in [1.29, 1.82) is 0 Å². The van der Waals surface area contributed by atoms with Crippen molar-refractivity contribution in [2.45, 2.75) is 13.3 Å². The van der Waals surface area contributed by atoms with E-state index in [1.165, 1.54) is 11.3 Å². The zero-order chi connectivity index (χ0) is 13.7. The Bertz CT molecular complexity index is 634. The fourth-order valence-corrected chi connectivity index (χ4v) is 2.14. The van der Waals surface area contributed by atoms with Crippen molar-refractivity contribution in [3.05, 3.63) is 33.7 Å². The van der Waals surface area contributed by atoms with Crippen molar-refractivity contribution in [3.8, 4) is 11.8 Å². The van der Waals surface area contributed by atoms with Gasteiger partial charge in [0.25, 0.3) is 5.91 Å². The first-order valence-electron chi connectivity index (χ1n) is 5.62. The van der Waals surface area contributed by atoms with Crippen molar-refractivity contribution in [3.63, 3.8) is 0 Å². The van der Waals surface area contributed by atoms with Crippen LogP contribution in [0, 0.1) is 18.8 Å². The zero-order valence-corrected chi connectivity index (χ0v) is 11.1. The van der Waals surface area contributed by atoms with Gasteiger partial charge in [0.05, 0.1) is 6.61 Å². The molecule has 2 N–H and O–H groups in total. The molecule has 0 fully saturated rings. The molecular weight excluding hydrogens is 264 g/mol. The topological polar surface area (TPSA) is 75.4 Å². The van der Waals surface area contributed by atoms with Crippen molar-refractivity contribution < 1.29 is 14.4 Å². The smallest absolute Gasteiger partial charge is 0.268 e. The van der Waals surface area contributed by atoms with Crippen LogP contribution in [0.15, 0.2) is 22.0 Å². The third-order valence-electron chi connectivity index (χ3n) is 2.20. The number of carbonyl (C=O) groups is 1. The summed E-state index contributed by atoms with van der Waals surface area (Å²) in [6, 6.07) is 3.42. The van der Waals surface area contributed by atoms with E-state index in [0.29, 0.717) is 28.4 Å². The van der Waals surface area contributed by atoms with Gasteiger partial charge in [-0.25, -0.2) is 0 Å². The number of thiophene rings is 1. The van der Waals surface area contributed by atoms with Crippen LogP contribution in [-0.2, 0) is 0 Å². The molecule has 0 aliphatic rings. The molecule has 0 aliphatic heterocycles. The number of carbonyl (C=O) groups excluding carboxylic acids is 1. The highest BCUT2D eigenvalue weighted by Crippen LogP contribution is 2.18. The summed E-state index contributed by atoms with van der Waals surface area (Å²) >= 11 is 1.31. The number of hydrogen-bond acceptors (Lipinski definition) is 5. The van der Waals surface area contributed by atoms with Crippen molar-refractivity contribution in [1.82, 2.24) is 5.16 Å². The van der Waals surface area contributed by atoms with E-state index >= 15 is 0 Å². The molecule has 0 radical (unpaired) electrons. The van der Waals surface area contributed by atoms with Crippen LogP contribution in [0.5, 0.6) is 0 Å². The lowest BCUT2D eigenvalue weighted by Gasteiger charge is -1.98. The molecule has 0 saturated carbocycles. The molecule has 0 spiro atoms. The first kappa shape index (κ1) is 13.3. The maximum Gasteiger partial charge on any atom is 0.268 e. The van der Waals surface area contributed by atoms with Gasteiger partial charge >= 0.3 is 0 Å². The highest BCUT2D eigenvalue weighted by Gasteiger charge is 2.13. The Balaban J connectivity index is 2.12. The van der Waals surface area contributed by atoms with Gasteiger partial charge < -0.3 is 14.9 Å². The minimum atomic E-state index is -0.267. The molecule has 0 aromatic carbocycles. The van der Waals surface area contributed by atoms with Gasteiger partial charge in [-0.15, -0.1) is 11.3 Å². The highest BCUT2D eigenvalue weighted by atomic mass is 32.1. The van der Waals surface area contributed by atoms with Gasteiger partial charge in [-0.3, -0.25) is 4.79 Å². The van der Waals surface area contributed by atoms with Crippen molar-refractivity contribution >= 4 is 23.1 Å². The van der Waals surface area contributed by atoms with E-state index in [-0.39, 0.29) is 12.5 Å². The second kappa shape index (κ2) is 6.18. The lowest BCUT2D eigenvalue weighted by atomic mass is 10.2. The maximum atomic E-state index is 12.0. The van der Waals surface area contributed by atoms with E-state index in [2.05, 4.69) is 22.3 Å². The third-order valence-corrected chi connectivity index (χ3v) is 3.11. The summed E-state index contributed by atoms with van der Waals surface area (Å²) in [7, 11) is 0. The lowest BCUT2D eigenvalue weighted by Crippen LogP contribution is -2.11. The number of rotatable bonds is 3. The summed E-state index contributed by atoms with van der Waals surface area (Å²) in [4.78, 5) is 12.6. The zero-order valence-electron chi connectivity index (χ0n) is 10.3. The second-order valence-electron chi connectivity index (χ2n) is 3.72. The molecule has 0 saturated heterocycles. The van der Waals surface area contributed by atoms with E-state index in [9.17, 15) is 4.79 Å². The molecule has 2 aromatic rings. The first-order valence-corrected chi connectivity index (χ1v) is 6.50. The van der Waals surface area contributed by atoms with Gasteiger partial charge in [0.2, 0.25) is 0 Å². The van der Waals surface area contributed by atoms with Crippen LogP contribution in [0.4, 0.5) is 5.82 Å². The Kier molecular flexibility index (Phi) is 4.34. The molecule has 19 heavy (non-hydrogen) atoms. The van der Waals surface area contributed by atoms with E-state index in [1.807, 2.05) is 0 Å². The number of aryl methyl sites for hydroxylation is 1. The van der Waals surface area contributed by atoms with Crippen LogP contribution in [0.1, 0.15) is 27.4 Å². The Morgan fingerprint density at radius 2 is 2.47 bits per heavy atom. The average molecular weight is 276 g/mol. The largest absolute Gasteiger partial charge is 0.395 e. The van der Waals surface area contributed by atoms with Gasteiger partial charge in [0.1, 0.15) is 10.6 Å². The van der Waals surface area contributed by atoms with E-state index in [1.54, 1.807) is 24.4 Å². The van der Waals surface area contributed by atoms with Crippen LogP contribution in [0.2, 0.25) is 0 Å². The molecule has 0 unspecified atom stereocenters. The summed E-state index contributed by atoms with van der Waals surface area (Å²) in [5.74, 6) is 6.40. The van der Waals surface area contributed by atoms with E-state index < -0.39 is 0 Å². The number of anilines is 1. The van der Waals surface area contributed by atoms with Gasteiger partial charge in [0, 0.05) is 18.1 Å². The Morgan fingerprint density at radius 3 is 3.16 bits per heavy atom. The van der Waals surface area contributed by atoms with Gasteiger partial charge in [0.15, 0.2) is 5.82 Å². The average Bonchev–Trinajstić information content (AvgIpc) is 2.99. The predicted molar refractivity (Wildman–Crippen MR) is 72.1 cm³/mol. The van der Waals surface area contributed by atoms with Crippen LogP contribution in [0.25, 0.3) is 0 Å². The summed E-state index contributed by atoms with van der Waals surface area (Å²) in [5.41, 5.74) is 0.649. The van der Waals surface area contributed by atoms with Crippen molar-refractivity contribution in [2.24, 2.45) is 0 Å². The van der Waals surface area contributed by atoms with E-state index in [4.69, 9.17) is 9.63 Å². The molecule has 2 heterocycles. The number of aliphatic hydroxyl groups is 1. The third kappa shape index (κ3) is 3.44. The molecule has 98 valence electrons. The summed E-state index contributed by atoms with van der Waals surface area (Å²) < 4.78 is 4.88. The Labute approximate surface area is 114 Å². The van der Waals surface area contributed by atoms with Crippen molar-refractivity contribution in [2.75, 3.05) is 11.9 Å². The monoisotopic (exact) mass is 276 g/mol. The van der Waals surface area contributed by atoms with E-state index in [0.717, 1.165) is 0 Å². The molecule has 0 atom stereocenters. The molecule has 1 amide bonds. The standard InChI is InChI=1S/C13H12N2O3S/c1-9-8-11(15-18-9)14-13(17)12-10(5-7-19-12)4-2-3-6-16/h5,7-8,16H,3,6H2,1H3,(H,14,15,17). The number of aliphatic hydroxyl groups excluding tert-OH is 1.